The fourth-order valence-corrected chi connectivity index (χ4v) is 2.20. The van der Waals surface area contributed by atoms with E-state index in [2.05, 4.69) is 5.32 Å². The highest BCUT2D eigenvalue weighted by Crippen LogP contribution is 2.32. The third-order valence-corrected chi connectivity index (χ3v) is 3.56. The quantitative estimate of drug-likeness (QED) is 0.877. The Morgan fingerprint density at radius 2 is 2.14 bits per heavy atom. The molecule has 1 aromatic carbocycles. The number of halogens is 3. The van der Waals surface area contributed by atoms with Crippen LogP contribution in [0.25, 0.3) is 0 Å². The summed E-state index contributed by atoms with van der Waals surface area (Å²) in [5, 5.41) is 12.3. The van der Waals surface area contributed by atoms with Crippen LogP contribution >= 0.6 is 0 Å². The standard InChI is InChI=1S/C15H19F3N2O2/c1-20(9-13(21)11-5-6-11)14(22)19-12-4-2-3-10(7-12)8-15(16,17)18/h2-4,7,11,13,21H,5-6,8-9H2,1H3,(H,19,22). The summed E-state index contributed by atoms with van der Waals surface area (Å²) in [6.07, 6.45) is -3.93. The van der Waals surface area contributed by atoms with Gasteiger partial charge in [-0.15, -0.1) is 0 Å². The third kappa shape index (κ3) is 5.22. The molecule has 0 saturated heterocycles. The maximum atomic E-state index is 12.4. The van der Waals surface area contributed by atoms with Crippen molar-refractivity contribution in [1.29, 1.82) is 0 Å². The fraction of sp³-hybridized carbons (Fsp3) is 0.533. The molecule has 122 valence electrons. The molecule has 1 fully saturated rings. The van der Waals surface area contributed by atoms with E-state index >= 15 is 0 Å². The first kappa shape index (κ1) is 16.6. The van der Waals surface area contributed by atoms with Crippen LogP contribution < -0.4 is 5.32 Å². The lowest BCUT2D eigenvalue weighted by molar-refractivity contribution is -0.127. The van der Waals surface area contributed by atoms with E-state index in [-0.39, 0.29) is 18.0 Å². The topological polar surface area (TPSA) is 52.6 Å². The van der Waals surface area contributed by atoms with Crippen LogP contribution in [-0.2, 0) is 6.42 Å². The number of hydrogen-bond acceptors (Lipinski definition) is 2. The number of aliphatic hydroxyl groups is 1. The van der Waals surface area contributed by atoms with Gasteiger partial charge < -0.3 is 15.3 Å². The summed E-state index contributed by atoms with van der Waals surface area (Å²) in [5.41, 5.74) is 0.394. The van der Waals surface area contributed by atoms with Crippen LogP contribution in [0.3, 0.4) is 0 Å². The van der Waals surface area contributed by atoms with Gasteiger partial charge in [0.15, 0.2) is 0 Å². The first-order chi connectivity index (χ1) is 10.2. The highest BCUT2D eigenvalue weighted by atomic mass is 19.4. The highest BCUT2D eigenvalue weighted by Gasteiger charge is 2.31. The number of nitrogens with one attached hydrogen (secondary N) is 1. The average molecular weight is 316 g/mol. The van der Waals surface area contributed by atoms with E-state index in [1.807, 2.05) is 0 Å². The van der Waals surface area contributed by atoms with Crippen LogP contribution in [0.5, 0.6) is 0 Å². The lowest BCUT2D eigenvalue weighted by Gasteiger charge is -2.21. The zero-order chi connectivity index (χ0) is 16.3. The number of hydrogen-bond donors (Lipinski definition) is 2. The molecule has 4 nitrogen and oxygen atoms in total. The molecule has 0 aliphatic heterocycles. The van der Waals surface area contributed by atoms with Crippen molar-refractivity contribution in [2.45, 2.75) is 31.5 Å². The molecule has 1 atom stereocenters. The van der Waals surface area contributed by atoms with E-state index in [1.54, 1.807) is 7.05 Å². The van der Waals surface area contributed by atoms with Gasteiger partial charge in [0.1, 0.15) is 0 Å². The van der Waals surface area contributed by atoms with Crippen LogP contribution in [0, 0.1) is 5.92 Å². The monoisotopic (exact) mass is 316 g/mol. The number of rotatable bonds is 5. The Morgan fingerprint density at radius 3 is 2.73 bits per heavy atom. The lowest BCUT2D eigenvalue weighted by Crippen LogP contribution is -2.38. The molecular weight excluding hydrogens is 297 g/mol. The molecular formula is C15H19F3N2O2. The number of aliphatic hydroxyl groups excluding tert-OH is 1. The number of likely N-dealkylation sites (N-methyl/N-ethyl adjacent to an activating group) is 1. The van der Waals surface area contributed by atoms with Gasteiger partial charge in [0.25, 0.3) is 0 Å². The summed E-state index contributed by atoms with van der Waals surface area (Å²) >= 11 is 0. The smallest absolute Gasteiger partial charge is 0.391 e. The number of anilines is 1. The van der Waals surface area contributed by atoms with Crippen molar-refractivity contribution >= 4 is 11.7 Å². The minimum Gasteiger partial charge on any atom is -0.391 e. The normalized spacial score (nSPS) is 16.2. The zero-order valence-electron chi connectivity index (χ0n) is 12.2. The van der Waals surface area contributed by atoms with Crippen LogP contribution in [0.1, 0.15) is 18.4 Å². The maximum Gasteiger partial charge on any atom is 0.393 e. The van der Waals surface area contributed by atoms with Gasteiger partial charge in [-0.3, -0.25) is 0 Å². The zero-order valence-corrected chi connectivity index (χ0v) is 12.2. The van der Waals surface area contributed by atoms with Crippen molar-refractivity contribution in [2.24, 2.45) is 5.92 Å². The Morgan fingerprint density at radius 1 is 1.45 bits per heavy atom. The van der Waals surface area contributed by atoms with E-state index < -0.39 is 24.7 Å². The van der Waals surface area contributed by atoms with Crippen LogP contribution in [0.15, 0.2) is 24.3 Å². The molecule has 0 aromatic heterocycles. The fourth-order valence-electron chi connectivity index (χ4n) is 2.20. The first-order valence-electron chi connectivity index (χ1n) is 7.10. The van der Waals surface area contributed by atoms with E-state index in [4.69, 9.17) is 0 Å². The molecule has 1 unspecified atom stereocenters. The van der Waals surface area contributed by atoms with Crippen LogP contribution in [0.2, 0.25) is 0 Å². The summed E-state index contributed by atoms with van der Waals surface area (Å²) < 4.78 is 37.1. The van der Waals surface area contributed by atoms with Gasteiger partial charge in [-0.1, -0.05) is 12.1 Å². The predicted octanol–water partition coefficient (Wildman–Crippen LogP) is 3.03. The van der Waals surface area contributed by atoms with Gasteiger partial charge in [0.05, 0.1) is 12.5 Å². The molecule has 2 rings (SSSR count). The minimum absolute atomic E-state index is 0.0889. The Labute approximate surface area is 126 Å². The molecule has 1 aromatic rings. The van der Waals surface area contributed by atoms with Crippen LogP contribution in [-0.4, -0.2) is 41.9 Å². The van der Waals surface area contributed by atoms with Crippen molar-refractivity contribution in [3.63, 3.8) is 0 Å². The molecule has 0 bridgehead atoms. The molecule has 0 spiro atoms. The molecule has 1 aliphatic rings. The van der Waals surface area contributed by atoms with E-state index in [1.165, 1.54) is 29.2 Å². The summed E-state index contributed by atoms with van der Waals surface area (Å²) in [7, 11) is 1.54. The van der Waals surface area contributed by atoms with Crippen molar-refractivity contribution in [3.05, 3.63) is 29.8 Å². The molecule has 2 amide bonds. The largest absolute Gasteiger partial charge is 0.393 e. The second-order valence-electron chi connectivity index (χ2n) is 5.71. The van der Waals surface area contributed by atoms with E-state index in [0.717, 1.165) is 12.8 Å². The summed E-state index contributed by atoms with van der Waals surface area (Å²) in [5.74, 6) is 0.255. The molecule has 0 radical (unpaired) electrons. The summed E-state index contributed by atoms with van der Waals surface area (Å²) in [6, 6.07) is 5.21. The minimum atomic E-state index is -4.28. The first-order valence-corrected chi connectivity index (χ1v) is 7.10. The number of nitrogens with zero attached hydrogens (tertiary/aromatic N) is 1. The van der Waals surface area contributed by atoms with Gasteiger partial charge in [-0.2, -0.15) is 13.2 Å². The number of amides is 2. The Kier molecular flexibility index (Phi) is 4.95. The Hall–Kier alpha value is -1.76. The van der Waals surface area contributed by atoms with Gasteiger partial charge in [0, 0.05) is 19.3 Å². The van der Waals surface area contributed by atoms with Crippen molar-refractivity contribution in [1.82, 2.24) is 4.90 Å². The molecule has 0 heterocycles. The summed E-state index contributed by atoms with van der Waals surface area (Å²) in [4.78, 5) is 13.3. The van der Waals surface area contributed by atoms with Crippen molar-refractivity contribution < 1.29 is 23.1 Å². The molecule has 22 heavy (non-hydrogen) atoms. The molecule has 7 heteroatoms. The van der Waals surface area contributed by atoms with E-state index in [9.17, 15) is 23.1 Å². The number of alkyl halides is 3. The number of urea groups is 1. The second kappa shape index (κ2) is 6.56. The average Bonchev–Trinajstić information content (AvgIpc) is 3.20. The van der Waals surface area contributed by atoms with Crippen molar-refractivity contribution in [3.8, 4) is 0 Å². The van der Waals surface area contributed by atoms with Gasteiger partial charge >= 0.3 is 12.2 Å². The highest BCUT2D eigenvalue weighted by molar-refractivity contribution is 5.89. The van der Waals surface area contributed by atoms with Crippen LogP contribution in [0.4, 0.5) is 23.7 Å². The third-order valence-electron chi connectivity index (χ3n) is 3.56. The van der Waals surface area contributed by atoms with E-state index in [0.29, 0.717) is 5.69 Å². The molecule has 1 aliphatic carbocycles. The number of carbonyl (C=O) groups is 1. The SMILES string of the molecule is CN(CC(O)C1CC1)C(=O)Nc1cccc(CC(F)(F)F)c1. The van der Waals surface area contributed by atoms with Gasteiger partial charge in [-0.05, 0) is 36.5 Å². The maximum absolute atomic E-state index is 12.4. The van der Waals surface area contributed by atoms with Crippen molar-refractivity contribution in [2.75, 3.05) is 18.9 Å². The predicted molar refractivity (Wildman–Crippen MR) is 76.6 cm³/mol. The Bertz CT molecular complexity index is 530. The number of carbonyl (C=O) groups excluding carboxylic acids is 1. The van der Waals surface area contributed by atoms with Gasteiger partial charge in [-0.25, -0.2) is 4.79 Å². The molecule has 2 N–H and O–H groups in total. The lowest BCUT2D eigenvalue weighted by atomic mass is 10.1. The molecule has 1 saturated carbocycles. The number of benzene rings is 1. The second-order valence-corrected chi connectivity index (χ2v) is 5.71. The summed E-state index contributed by atoms with van der Waals surface area (Å²) in [6.45, 7) is 0.207. The van der Waals surface area contributed by atoms with Gasteiger partial charge in [0.2, 0.25) is 0 Å². The Balaban J connectivity index is 1.91.